The molecule has 0 unspecified atom stereocenters. The fraction of sp³-hybridized carbons (Fsp3) is 0.259. The van der Waals surface area contributed by atoms with Gasteiger partial charge in [-0.1, -0.05) is 59.6 Å². The van der Waals surface area contributed by atoms with Crippen LogP contribution in [-0.2, 0) is 32.6 Å². The molecule has 3 aromatic rings. The van der Waals surface area contributed by atoms with Crippen molar-refractivity contribution in [1.82, 2.24) is 10.2 Å². The van der Waals surface area contributed by atoms with Crippen molar-refractivity contribution in [2.75, 3.05) is 23.7 Å². The number of benzene rings is 3. The Morgan fingerprint density at radius 1 is 1.00 bits per heavy atom. The van der Waals surface area contributed by atoms with Gasteiger partial charge in [-0.15, -0.1) is 0 Å². The van der Waals surface area contributed by atoms with Crippen molar-refractivity contribution in [2.45, 2.75) is 25.9 Å². The molecule has 11 heteroatoms. The Balaban J connectivity index is 2.06. The molecule has 0 aliphatic carbocycles. The van der Waals surface area contributed by atoms with E-state index in [1.165, 1.54) is 4.90 Å². The Bertz CT molecular complexity index is 1370. The number of amides is 2. The van der Waals surface area contributed by atoms with E-state index < -0.39 is 28.5 Å². The van der Waals surface area contributed by atoms with Gasteiger partial charge in [0.25, 0.3) is 0 Å². The number of likely N-dealkylation sites (N-methyl/N-ethyl adjacent to an activating group) is 1. The zero-order valence-corrected chi connectivity index (χ0v) is 25.4. The van der Waals surface area contributed by atoms with Crippen molar-refractivity contribution in [3.8, 4) is 0 Å². The topological polar surface area (TPSA) is 86.8 Å². The fourth-order valence-corrected chi connectivity index (χ4v) is 5.58. The first-order valence-electron chi connectivity index (χ1n) is 11.8. The molecule has 3 rings (SSSR count). The summed E-state index contributed by atoms with van der Waals surface area (Å²) in [5, 5.41) is 3.58. The molecule has 0 saturated carbocycles. The smallest absolute Gasteiger partial charge is 0.244 e. The molecule has 2 amide bonds. The van der Waals surface area contributed by atoms with E-state index in [1.54, 1.807) is 49.4 Å². The van der Waals surface area contributed by atoms with Gasteiger partial charge in [-0.2, -0.15) is 0 Å². The predicted octanol–water partition coefficient (Wildman–Crippen LogP) is 5.14. The quantitative estimate of drug-likeness (QED) is 0.283. The minimum absolute atomic E-state index is 0.0201. The van der Waals surface area contributed by atoms with E-state index in [4.69, 9.17) is 23.2 Å². The van der Waals surface area contributed by atoms with Crippen LogP contribution in [0, 0.1) is 3.57 Å². The molecule has 0 radical (unpaired) electrons. The van der Waals surface area contributed by atoms with Crippen LogP contribution < -0.4 is 9.62 Å². The number of halogens is 3. The van der Waals surface area contributed by atoms with Crippen LogP contribution in [0.5, 0.6) is 0 Å². The van der Waals surface area contributed by atoms with Crippen molar-refractivity contribution in [3.05, 3.63) is 97.5 Å². The van der Waals surface area contributed by atoms with Gasteiger partial charge in [0.15, 0.2) is 0 Å². The lowest BCUT2D eigenvalue weighted by Gasteiger charge is -2.33. The predicted molar refractivity (Wildman–Crippen MR) is 161 cm³/mol. The molecule has 3 aromatic carbocycles. The van der Waals surface area contributed by atoms with Gasteiger partial charge in [0.05, 0.1) is 11.9 Å². The van der Waals surface area contributed by atoms with Gasteiger partial charge >= 0.3 is 0 Å². The first kappa shape index (κ1) is 30.2. The van der Waals surface area contributed by atoms with Gasteiger partial charge < -0.3 is 10.2 Å². The second-order valence-electron chi connectivity index (χ2n) is 8.60. The molecule has 0 saturated heterocycles. The highest BCUT2D eigenvalue weighted by molar-refractivity contribution is 14.1. The number of sulfonamides is 1. The molecule has 0 heterocycles. The first-order chi connectivity index (χ1) is 18.0. The van der Waals surface area contributed by atoms with Crippen molar-refractivity contribution < 1.29 is 18.0 Å². The zero-order valence-electron chi connectivity index (χ0n) is 20.9. The Labute approximate surface area is 247 Å². The zero-order chi connectivity index (χ0) is 27.9. The molecule has 0 aliphatic heterocycles. The van der Waals surface area contributed by atoms with Gasteiger partial charge in [-0.3, -0.25) is 13.9 Å². The van der Waals surface area contributed by atoms with Gasteiger partial charge in [-0.05, 0) is 77.0 Å². The molecule has 0 fully saturated rings. The highest BCUT2D eigenvalue weighted by Crippen LogP contribution is 2.25. The second kappa shape index (κ2) is 13.6. The number of carbonyl (C=O) groups excluding carboxylic acids is 2. The third-order valence-corrected chi connectivity index (χ3v) is 8.22. The van der Waals surface area contributed by atoms with E-state index in [0.717, 1.165) is 19.7 Å². The summed E-state index contributed by atoms with van der Waals surface area (Å²) in [5.41, 5.74) is 1.77. The Hall–Kier alpha value is -2.34. The third kappa shape index (κ3) is 8.33. The SMILES string of the molecule is CCNC(=O)[C@H](Cc1ccccc1)N(Cc1ccc(Cl)cc1Cl)C(=O)CN(c1ccc(I)cc1)S(C)(=O)=O. The number of nitrogens with one attached hydrogen (secondary N) is 1. The average Bonchev–Trinajstić information content (AvgIpc) is 2.86. The largest absolute Gasteiger partial charge is 0.355 e. The lowest BCUT2D eigenvalue weighted by atomic mass is 10.0. The van der Waals surface area contributed by atoms with Crippen molar-refractivity contribution in [1.29, 1.82) is 0 Å². The van der Waals surface area contributed by atoms with E-state index >= 15 is 0 Å². The van der Waals surface area contributed by atoms with Crippen LogP contribution in [-0.4, -0.2) is 50.5 Å². The Kier molecular flexibility index (Phi) is 10.8. The van der Waals surface area contributed by atoms with Crippen molar-refractivity contribution in [3.63, 3.8) is 0 Å². The molecule has 7 nitrogen and oxygen atoms in total. The molecule has 0 aliphatic rings. The van der Waals surface area contributed by atoms with E-state index in [0.29, 0.717) is 27.8 Å². The van der Waals surface area contributed by atoms with Gasteiger partial charge in [-0.25, -0.2) is 8.42 Å². The van der Waals surface area contributed by atoms with Crippen LogP contribution in [0.15, 0.2) is 72.8 Å². The number of anilines is 1. The van der Waals surface area contributed by atoms with Crippen LogP contribution >= 0.6 is 45.8 Å². The molecule has 0 aromatic heterocycles. The summed E-state index contributed by atoms with van der Waals surface area (Å²) in [5.74, 6) is -0.901. The molecule has 0 spiro atoms. The Morgan fingerprint density at radius 2 is 1.66 bits per heavy atom. The fourth-order valence-electron chi connectivity index (χ4n) is 3.90. The van der Waals surface area contributed by atoms with Crippen LogP contribution in [0.4, 0.5) is 5.69 Å². The van der Waals surface area contributed by atoms with Crippen LogP contribution in [0.25, 0.3) is 0 Å². The summed E-state index contributed by atoms with van der Waals surface area (Å²) in [7, 11) is -3.82. The summed E-state index contributed by atoms with van der Waals surface area (Å²) >= 11 is 14.6. The van der Waals surface area contributed by atoms with Gasteiger partial charge in [0.1, 0.15) is 12.6 Å². The molecule has 0 bridgehead atoms. The molecule has 1 atom stereocenters. The molecule has 202 valence electrons. The van der Waals surface area contributed by atoms with Crippen LogP contribution in [0.1, 0.15) is 18.1 Å². The number of hydrogen-bond acceptors (Lipinski definition) is 4. The molecular weight excluding hydrogens is 660 g/mol. The molecule has 38 heavy (non-hydrogen) atoms. The lowest BCUT2D eigenvalue weighted by molar-refractivity contribution is -0.140. The maximum Gasteiger partial charge on any atom is 0.244 e. The maximum absolute atomic E-state index is 13.9. The minimum atomic E-state index is -3.82. The van der Waals surface area contributed by atoms with E-state index in [-0.39, 0.29) is 18.9 Å². The highest BCUT2D eigenvalue weighted by atomic mass is 127. The first-order valence-corrected chi connectivity index (χ1v) is 15.5. The average molecular weight is 688 g/mol. The monoisotopic (exact) mass is 687 g/mol. The summed E-state index contributed by atoms with van der Waals surface area (Å²) in [4.78, 5) is 28.6. The van der Waals surface area contributed by atoms with E-state index in [1.807, 2.05) is 30.3 Å². The number of nitrogens with zero attached hydrogens (tertiary/aromatic N) is 2. The summed E-state index contributed by atoms with van der Waals surface area (Å²) in [6.45, 7) is 1.65. The number of rotatable bonds is 11. The highest BCUT2D eigenvalue weighted by Gasteiger charge is 2.33. The number of hydrogen-bond donors (Lipinski definition) is 1. The number of carbonyl (C=O) groups is 2. The summed E-state index contributed by atoms with van der Waals surface area (Å²) in [6.07, 6.45) is 1.27. The maximum atomic E-state index is 13.9. The van der Waals surface area contributed by atoms with Crippen molar-refractivity contribution >= 4 is 73.3 Å². The molecular formula is C27H28Cl2IN3O4S. The van der Waals surface area contributed by atoms with E-state index in [9.17, 15) is 18.0 Å². The summed E-state index contributed by atoms with van der Waals surface area (Å²) in [6, 6.07) is 20.1. The van der Waals surface area contributed by atoms with Gasteiger partial charge in [0, 0.05) is 33.1 Å². The third-order valence-electron chi connectivity index (χ3n) is 5.77. The molecule has 1 N–H and O–H groups in total. The van der Waals surface area contributed by atoms with Gasteiger partial charge in [0.2, 0.25) is 21.8 Å². The lowest BCUT2D eigenvalue weighted by Crippen LogP contribution is -2.53. The van der Waals surface area contributed by atoms with Crippen LogP contribution in [0.3, 0.4) is 0 Å². The standard InChI is InChI=1S/C27H28Cl2IN3O4S/c1-3-31-27(35)25(15-19-7-5-4-6-8-19)32(17-20-9-10-21(28)16-24(20)29)26(34)18-33(38(2,36)37)23-13-11-22(30)12-14-23/h4-14,16,25H,3,15,17-18H2,1-2H3,(H,31,35)/t25-/m0/s1. The van der Waals surface area contributed by atoms with Crippen molar-refractivity contribution in [2.24, 2.45) is 0 Å². The minimum Gasteiger partial charge on any atom is -0.355 e. The Morgan fingerprint density at radius 3 is 2.24 bits per heavy atom. The summed E-state index contributed by atoms with van der Waals surface area (Å²) < 4.78 is 27.5. The second-order valence-corrected chi connectivity index (χ2v) is 12.6. The van der Waals surface area contributed by atoms with E-state index in [2.05, 4.69) is 27.9 Å². The normalized spacial score (nSPS) is 12.0. The van der Waals surface area contributed by atoms with Crippen LogP contribution in [0.2, 0.25) is 10.0 Å².